The highest BCUT2D eigenvalue weighted by molar-refractivity contribution is 5.14. The summed E-state index contributed by atoms with van der Waals surface area (Å²) in [5.41, 5.74) is 4.57. The van der Waals surface area contributed by atoms with E-state index in [1.165, 1.54) is 24.8 Å². The van der Waals surface area contributed by atoms with Gasteiger partial charge in [-0.3, -0.25) is 0 Å². The molecular weight excluding hydrogens is 180 g/mol. The van der Waals surface area contributed by atoms with E-state index in [-0.39, 0.29) is 0 Å². The maximum Gasteiger partial charge on any atom is -0.0164 e. The maximum absolute atomic E-state index is 2.41. The van der Waals surface area contributed by atoms with Crippen LogP contribution in [0.3, 0.4) is 0 Å². The largest absolute Gasteiger partial charge is 0.0850 e. The first-order valence-corrected chi connectivity index (χ1v) is 6.05. The summed E-state index contributed by atoms with van der Waals surface area (Å²) < 4.78 is 0. The van der Waals surface area contributed by atoms with Crippen LogP contribution < -0.4 is 0 Å². The summed E-state index contributed by atoms with van der Waals surface area (Å²) in [5, 5.41) is 0. The summed E-state index contributed by atoms with van der Waals surface area (Å²) in [6, 6.07) is 0. The quantitative estimate of drug-likeness (QED) is 0.565. The lowest BCUT2D eigenvalue weighted by atomic mass is 9.85. The Balaban J connectivity index is 2.47. The molecule has 0 fully saturated rings. The van der Waals surface area contributed by atoms with Gasteiger partial charge in [-0.2, -0.15) is 0 Å². The van der Waals surface area contributed by atoms with Crippen molar-refractivity contribution >= 4 is 0 Å². The molecule has 15 heavy (non-hydrogen) atoms. The van der Waals surface area contributed by atoms with Crippen molar-refractivity contribution in [1.29, 1.82) is 0 Å². The molecule has 0 aromatic heterocycles. The van der Waals surface area contributed by atoms with Crippen molar-refractivity contribution in [1.82, 2.24) is 0 Å². The smallest absolute Gasteiger partial charge is 0.0164 e. The molecule has 0 N–H and O–H groups in total. The molecule has 0 aromatic rings. The zero-order valence-electron chi connectivity index (χ0n) is 10.6. The average Bonchev–Trinajstić information content (AvgIpc) is 2.18. The summed E-state index contributed by atoms with van der Waals surface area (Å²) >= 11 is 0. The average molecular weight is 204 g/mol. The van der Waals surface area contributed by atoms with Crippen molar-refractivity contribution in [2.45, 2.75) is 53.4 Å². The van der Waals surface area contributed by atoms with Gasteiger partial charge < -0.3 is 0 Å². The first kappa shape index (κ1) is 12.3. The van der Waals surface area contributed by atoms with Gasteiger partial charge in [0.1, 0.15) is 0 Å². The van der Waals surface area contributed by atoms with Crippen molar-refractivity contribution in [3.8, 4) is 0 Å². The molecule has 84 valence electrons. The van der Waals surface area contributed by atoms with Crippen LogP contribution in [0.15, 0.2) is 34.9 Å². The Labute approximate surface area is 94.8 Å². The summed E-state index contributed by atoms with van der Waals surface area (Å²) in [6.07, 6.45) is 12.1. The van der Waals surface area contributed by atoms with E-state index < -0.39 is 0 Å². The minimum absolute atomic E-state index is 0.805. The Bertz CT molecular complexity index is 285. The summed E-state index contributed by atoms with van der Waals surface area (Å²) in [4.78, 5) is 0. The van der Waals surface area contributed by atoms with E-state index >= 15 is 0 Å². The highest BCUT2D eigenvalue weighted by Gasteiger charge is 2.13. The molecule has 0 spiro atoms. The van der Waals surface area contributed by atoms with Gasteiger partial charge in [-0.1, -0.05) is 34.9 Å². The van der Waals surface area contributed by atoms with Crippen LogP contribution >= 0.6 is 0 Å². The highest BCUT2D eigenvalue weighted by atomic mass is 14.2. The van der Waals surface area contributed by atoms with Crippen LogP contribution in [0.5, 0.6) is 0 Å². The molecule has 0 saturated carbocycles. The van der Waals surface area contributed by atoms with Gasteiger partial charge >= 0.3 is 0 Å². The van der Waals surface area contributed by atoms with Gasteiger partial charge in [-0.15, -0.1) is 0 Å². The van der Waals surface area contributed by atoms with Crippen LogP contribution in [0.2, 0.25) is 0 Å². The maximum atomic E-state index is 2.41. The molecule has 0 radical (unpaired) electrons. The lowest BCUT2D eigenvalue weighted by Crippen LogP contribution is -2.05. The van der Waals surface area contributed by atoms with Crippen molar-refractivity contribution < 1.29 is 0 Å². The van der Waals surface area contributed by atoms with Crippen molar-refractivity contribution in [3.63, 3.8) is 0 Å². The fourth-order valence-corrected chi connectivity index (χ4v) is 2.03. The SMILES string of the molecule is CC(C)=CC/C=C(\C)C1CC=C(C)CC1. The fraction of sp³-hybridized carbons (Fsp3) is 0.600. The number of hydrogen-bond donors (Lipinski definition) is 0. The Morgan fingerprint density at radius 2 is 2.07 bits per heavy atom. The number of allylic oxidation sites excluding steroid dienone is 6. The minimum atomic E-state index is 0.805. The van der Waals surface area contributed by atoms with E-state index in [2.05, 4.69) is 45.9 Å². The fourth-order valence-electron chi connectivity index (χ4n) is 2.03. The monoisotopic (exact) mass is 204 g/mol. The highest BCUT2D eigenvalue weighted by Crippen LogP contribution is 2.28. The first-order chi connectivity index (χ1) is 7.09. The van der Waals surface area contributed by atoms with Crippen molar-refractivity contribution in [2.75, 3.05) is 0 Å². The van der Waals surface area contributed by atoms with E-state index in [9.17, 15) is 0 Å². The second-order valence-electron chi connectivity index (χ2n) is 4.99. The van der Waals surface area contributed by atoms with Crippen molar-refractivity contribution in [2.24, 2.45) is 5.92 Å². The second kappa shape index (κ2) is 5.95. The minimum Gasteiger partial charge on any atom is -0.0850 e. The Kier molecular flexibility index (Phi) is 4.87. The van der Waals surface area contributed by atoms with Gasteiger partial charge in [0.2, 0.25) is 0 Å². The van der Waals surface area contributed by atoms with Crippen LogP contribution in [0.4, 0.5) is 0 Å². The van der Waals surface area contributed by atoms with E-state index in [1.54, 1.807) is 11.1 Å². The molecule has 1 rings (SSSR count). The molecule has 1 aliphatic carbocycles. The van der Waals surface area contributed by atoms with Gasteiger partial charge in [0.05, 0.1) is 0 Å². The topological polar surface area (TPSA) is 0 Å². The molecule has 0 saturated heterocycles. The third kappa shape index (κ3) is 4.51. The third-order valence-electron chi connectivity index (χ3n) is 3.25. The molecule has 1 aliphatic rings. The zero-order chi connectivity index (χ0) is 11.3. The zero-order valence-corrected chi connectivity index (χ0v) is 10.6. The van der Waals surface area contributed by atoms with Gasteiger partial charge in [-0.25, -0.2) is 0 Å². The van der Waals surface area contributed by atoms with Gasteiger partial charge in [0.25, 0.3) is 0 Å². The van der Waals surface area contributed by atoms with Crippen molar-refractivity contribution in [3.05, 3.63) is 34.9 Å². The Morgan fingerprint density at radius 3 is 2.60 bits per heavy atom. The molecule has 0 amide bonds. The van der Waals surface area contributed by atoms with E-state index in [1.807, 2.05) is 0 Å². The molecular formula is C15H24. The predicted molar refractivity (Wildman–Crippen MR) is 68.9 cm³/mol. The third-order valence-corrected chi connectivity index (χ3v) is 3.25. The molecule has 0 heteroatoms. The van der Waals surface area contributed by atoms with E-state index in [0.717, 1.165) is 12.3 Å². The summed E-state index contributed by atoms with van der Waals surface area (Å²) in [7, 11) is 0. The standard InChI is InChI=1S/C15H24/c1-12(2)6-5-7-14(4)15-10-8-13(3)9-11-15/h6-8,15H,5,9-11H2,1-4H3/b14-7+. The predicted octanol–water partition coefficient (Wildman–Crippen LogP) is 5.04. The number of rotatable bonds is 3. The van der Waals surface area contributed by atoms with Crippen LogP contribution in [0.1, 0.15) is 53.4 Å². The summed E-state index contributed by atoms with van der Waals surface area (Å²) in [5.74, 6) is 0.805. The first-order valence-electron chi connectivity index (χ1n) is 6.05. The Morgan fingerprint density at radius 1 is 1.33 bits per heavy atom. The molecule has 0 nitrogen and oxygen atoms in total. The van der Waals surface area contributed by atoms with Gasteiger partial charge in [0.15, 0.2) is 0 Å². The molecule has 0 aliphatic heterocycles. The van der Waals surface area contributed by atoms with Crippen LogP contribution in [0, 0.1) is 5.92 Å². The second-order valence-corrected chi connectivity index (χ2v) is 4.99. The van der Waals surface area contributed by atoms with Gasteiger partial charge in [0, 0.05) is 0 Å². The normalized spacial score (nSPS) is 22.3. The molecule has 1 unspecified atom stereocenters. The summed E-state index contributed by atoms with van der Waals surface area (Å²) in [6.45, 7) is 8.86. The van der Waals surface area contributed by atoms with E-state index in [4.69, 9.17) is 0 Å². The van der Waals surface area contributed by atoms with Gasteiger partial charge in [-0.05, 0) is 59.3 Å². The molecule has 0 aromatic carbocycles. The molecule has 1 atom stereocenters. The van der Waals surface area contributed by atoms with Crippen LogP contribution in [-0.4, -0.2) is 0 Å². The van der Waals surface area contributed by atoms with E-state index in [0.29, 0.717) is 0 Å². The number of hydrogen-bond acceptors (Lipinski definition) is 0. The Hall–Kier alpha value is -0.780. The van der Waals surface area contributed by atoms with Crippen LogP contribution in [0.25, 0.3) is 0 Å². The lowest BCUT2D eigenvalue weighted by molar-refractivity contribution is 0.537. The van der Waals surface area contributed by atoms with Crippen LogP contribution in [-0.2, 0) is 0 Å². The lowest BCUT2D eigenvalue weighted by Gasteiger charge is -2.21. The molecule has 0 bridgehead atoms. The molecule has 0 heterocycles.